The summed E-state index contributed by atoms with van der Waals surface area (Å²) in [5.74, 6) is 0.0208. The first kappa shape index (κ1) is 10.2. The number of rotatable bonds is 1. The summed E-state index contributed by atoms with van der Waals surface area (Å²) in [5.41, 5.74) is 0. The quantitative estimate of drug-likeness (QED) is 0.683. The summed E-state index contributed by atoms with van der Waals surface area (Å²) < 4.78 is 0. The lowest BCUT2D eigenvalue weighted by Crippen LogP contribution is -1.89. The Morgan fingerprint density at radius 1 is 1.55 bits per heavy atom. The molecular weight excluding hydrogens is 162 g/mol. The fourth-order valence-electron chi connectivity index (χ4n) is 0.592. The summed E-state index contributed by atoms with van der Waals surface area (Å²) in [6.45, 7) is 5.89. The third-order valence-electron chi connectivity index (χ3n) is 1.02. The monoisotopic (exact) mass is 175 g/mol. The number of hydrogen-bond acceptors (Lipinski definition) is 3. The van der Waals surface area contributed by atoms with E-state index >= 15 is 0 Å². The fraction of sp³-hybridized carbons (Fsp3) is 0.571. The van der Waals surface area contributed by atoms with Crippen molar-refractivity contribution >= 4 is 11.3 Å². The minimum absolute atomic E-state index is 0.0208. The van der Waals surface area contributed by atoms with E-state index in [1.54, 1.807) is 0 Å². The van der Waals surface area contributed by atoms with Crippen molar-refractivity contribution in [2.24, 2.45) is 0 Å². The topological polar surface area (TPSA) is 53.1 Å². The highest BCUT2D eigenvalue weighted by atomic mass is 32.1. The van der Waals surface area contributed by atoms with Gasteiger partial charge < -0.3 is 5.11 Å². The minimum Gasteiger partial charge on any atom is -0.494 e. The van der Waals surface area contributed by atoms with E-state index < -0.39 is 0 Å². The lowest BCUT2D eigenvalue weighted by Gasteiger charge is -1.85. The smallest absolute Gasteiger partial charge is 0.307 e. The van der Waals surface area contributed by atoms with Gasteiger partial charge in [0.2, 0.25) is 5.88 Å². The highest BCUT2D eigenvalue weighted by Gasteiger charge is 2.01. The first-order valence-corrected chi connectivity index (χ1v) is 4.46. The molecule has 64 valence electrons. The van der Waals surface area contributed by atoms with Crippen LogP contribution in [-0.2, 0) is 6.42 Å². The summed E-state index contributed by atoms with van der Waals surface area (Å²) in [6.07, 6.45) is 0.704. The van der Waals surface area contributed by atoms with Crippen LogP contribution in [0.15, 0.2) is 4.79 Å². The van der Waals surface area contributed by atoms with E-state index in [2.05, 4.69) is 4.98 Å². The summed E-state index contributed by atoms with van der Waals surface area (Å²) in [5, 5.41) is 8.89. The Kier molecular flexibility index (Phi) is 4.61. The average Bonchev–Trinajstić information content (AvgIpc) is 2.33. The van der Waals surface area contributed by atoms with Gasteiger partial charge in [-0.3, -0.25) is 9.78 Å². The van der Waals surface area contributed by atoms with E-state index in [-0.39, 0.29) is 10.8 Å². The molecule has 0 fully saturated rings. The molecule has 11 heavy (non-hydrogen) atoms. The molecule has 0 aromatic carbocycles. The van der Waals surface area contributed by atoms with E-state index in [1.807, 2.05) is 20.8 Å². The van der Waals surface area contributed by atoms with Gasteiger partial charge >= 0.3 is 4.87 Å². The number of aromatic amines is 1. The van der Waals surface area contributed by atoms with Gasteiger partial charge in [0, 0.05) is 0 Å². The SMILES string of the molecule is CC.CCc1sc(=O)[nH]c1O. The maximum absolute atomic E-state index is 10.5. The second kappa shape index (κ2) is 4.96. The van der Waals surface area contributed by atoms with E-state index in [9.17, 15) is 4.79 Å². The van der Waals surface area contributed by atoms with Crippen LogP contribution >= 0.6 is 11.3 Å². The molecule has 1 rings (SSSR count). The molecule has 0 spiro atoms. The van der Waals surface area contributed by atoms with Crippen molar-refractivity contribution in [2.75, 3.05) is 0 Å². The van der Waals surface area contributed by atoms with Crippen molar-refractivity contribution in [3.63, 3.8) is 0 Å². The second-order valence-electron chi connectivity index (χ2n) is 1.64. The molecule has 0 aliphatic heterocycles. The summed E-state index contributed by atoms with van der Waals surface area (Å²) in [4.78, 5) is 13.3. The van der Waals surface area contributed by atoms with Crippen molar-refractivity contribution in [1.82, 2.24) is 4.98 Å². The lowest BCUT2D eigenvalue weighted by molar-refractivity contribution is 0.450. The van der Waals surface area contributed by atoms with Crippen LogP contribution in [0.25, 0.3) is 0 Å². The predicted octanol–water partition coefficient (Wildman–Crippen LogP) is 1.73. The summed E-state index contributed by atoms with van der Waals surface area (Å²) in [7, 11) is 0. The molecule has 0 aliphatic carbocycles. The van der Waals surface area contributed by atoms with Crippen LogP contribution in [0.2, 0.25) is 0 Å². The number of H-pyrrole nitrogens is 1. The number of hydrogen-bond donors (Lipinski definition) is 2. The molecule has 0 saturated carbocycles. The van der Waals surface area contributed by atoms with Gasteiger partial charge in [0.1, 0.15) is 0 Å². The van der Waals surface area contributed by atoms with Gasteiger partial charge in [0.25, 0.3) is 0 Å². The fourth-order valence-corrected chi connectivity index (χ4v) is 1.26. The normalized spacial score (nSPS) is 8.64. The van der Waals surface area contributed by atoms with Crippen LogP contribution in [0.5, 0.6) is 5.88 Å². The van der Waals surface area contributed by atoms with E-state index in [0.29, 0.717) is 6.42 Å². The summed E-state index contributed by atoms with van der Waals surface area (Å²) >= 11 is 1.05. The Balaban J connectivity index is 0.000000461. The Bertz CT molecular complexity index is 251. The number of thiazole rings is 1. The molecule has 0 atom stereocenters. The lowest BCUT2D eigenvalue weighted by atomic mass is 10.4. The van der Waals surface area contributed by atoms with Crippen LogP contribution < -0.4 is 4.87 Å². The zero-order chi connectivity index (χ0) is 8.85. The molecule has 0 aliphatic rings. The highest BCUT2D eigenvalue weighted by molar-refractivity contribution is 7.09. The largest absolute Gasteiger partial charge is 0.494 e. The molecular formula is C7H13NO2S. The maximum Gasteiger partial charge on any atom is 0.307 e. The van der Waals surface area contributed by atoms with Crippen molar-refractivity contribution in [1.29, 1.82) is 0 Å². The predicted molar refractivity (Wildman–Crippen MR) is 47.3 cm³/mol. The zero-order valence-electron chi connectivity index (χ0n) is 6.97. The first-order valence-electron chi connectivity index (χ1n) is 3.65. The van der Waals surface area contributed by atoms with E-state index in [1.165, 1.54) is 0 Å². The van der Waals surface area contributed by atoms with Crippen LogP contribution in [0, 0.1) is 0 Å². The molecule has 2 N–H and O–H groups in total. The van der Waals surface area contributed by atoms with Crippen LogP contribution in [0.3, 0.4) is 0 Å². The third kappa shape index (κ3) is 2.76. The minimum atomic E-state index is -0.190. The summed E-state index contributed by atoms with van der Waals surface area (Å²) in [6, 6.07) is 0. The van der Waals surface area contributed by atoms with Gasteiger partial charge in [-0.05, 0) is 6.42 Å². The Morgan fingerprint density at radius 3 is 2.27 bits per heavy atom. The standard InChI is InChI=1S/C5H7NO2S.C2H6/c1-2-3-4(7)6-5(8)9-3;1-2/h7H,2H2,1H3,(H,6,8);1-2H3. The van der Waals surface area contributed by atoms with Gasteiger partial charge in [0.05, 0.1) is 4.88 Å². The third-order valence-corrected chi connectivity index (χ3v) is 2.04. The molecule has 0 bridgehead atoms. The van der Waals surface area contributed by atoms with Gasteiger partial charge in [0.15, 0.2) is 0 Å². The molecule has 4 heteroatoms. The molecule has 0 radical (unpaired) electrons. The maximum atomic E-state index is 10.5. The Labute approximate surface area is 69.7 Å². The number of aromatic nitrogens is 1. The van der Waals surface area contributed by atoms with Crippen molar-refractivity contribution in [3.8, 4) is 5.88 Å². The molecule has 1 heterocycles. The molecule has 1 aromatic heterocycles. The Morgan fingerprint density at radius 2 is 2.09 bits per heavy atom. The highest BCUT2D eigenvalue weighted by Crippen LogP contribution is 2.14. The van der Waals surface area contributed by atoms with E-state index in [0.717, 1.165) is 16.2 Å². The number of nitrogens with one attached hydrogen (secondary N) is 1. The van der Waals surface area contributed by atoms with Crippen molar-refractivity contribution in [2.45, 2.75) is 27.2 Å². The molecule has 1 aromatic rings. The van der Waals surface area contributed by atoms with Crippen molar-refractivity contribution < 1.29 is 5.11 Å². The van der Waals surface area contributed by atoms with Crippen LogP contribution in [0.4, 0.5) is 0 Å². The van der Waals surface area contributed by atoms with Crippen LogP contribution in [-0.4, -0.2) is 10.1 Å². The molecule has 0 saturated heterocycles. The van der Waals surface area contributed by atoms with E-state index in [4.69, 9.17) is 5.11 Å². The van der Waals surface area contributed by atoms with Crippen molar-refractivity contribution in [3.05, 3.63) is 14.5 Å². The second-order valence-corrected chi connectivity index (χ2v) is 2.71. The Hall–Kier alpha value is -0.770. The van der Waals surface area contributed by atoms with Gasteiger partial charge in [-0.15, -0.1) is 0 Å². The molecule has 0 amide bonds. The first-order chi connectivity index (χ1) is 5.24. The zero-order valence-corrected chi connectivity index (χ0v) is 7.79. The van der Waals surface area contributed by atoms with Crippen LogP contribution in [0.1, 0.15) is 25.6 Å². The average molecular weight is 175 g/mol. The van der Waals surface area contributed by atoms with Gasteiger partial charge in [-0.25, -0.2) is 0 Å². The number of aromatic hydroxyl groups is 1. The molecule has 0 unspecified atom stereocenters. The number of aryl methyl sites for hydroxylation is 1. The van der Waals surface area contributed by atoms with Gasteiger partial charge in [-0.1, -0.05) is 32.1 Å². The molecule has 3 nitrogen and oxygen atoms in total. The van der Waals surface area contributed by atoms with Gasteiger partial charge in [-0.2, -0.15) is 0 Å².